The topological polar surface area (TPSA) is 80.1 Å². The molecule has 5 heteroatoms. The van der Waals surface area contributed by atoms with E-state index in [-0.39, 0.29) is 17.7 Å². The number of ketones is 1. The van der Waals surface area contributed by atoms with E-state index in [0.717, 1.165) is 52.8 Å². The number of pyridine rings is 1. The molecule has 1 heterocycles. The first kappa shape index (κ1) is 28.9. The van der Waals surface area contributed by atoms with Gasteiger partial charge in [-0.25, -0.2) is 4.79 Å². The van der Waals surface area contributed by atoms with E-state index < -0.39 is 5.92 Å². The number of carbonyl (C=O) groups excluding carboxylic acids is 2. The van der Waals surface area contributed by atoms with Gasteiger partial charge < -0.3 is 10.1 Å². The number of Topliss-reactive ketones (excluding diaryl/α,β-unsaturated/α-hetero) is 1. The summed E-state index contributed by atoms with van der Waals surface area (Å²) < 4.78 is 5.18. The standard InChI is InChI=1S/C35H38N2O3/c1-5-40-35(39)28-17-15-27(16-18-28)32-21-26(20-23(2)33-12-8-9-19-37-33)13-14-29-22-30(10-6-7-11-31(29)32)34(24(3)36)25(4)38/h7-10,12,15-19,21-23,26,34,36H,5-6,13-14,20H2,1-4H3/b29-22-,30-10?,36-24?. The summed E-state index contributed by atoms with van der Waals surface area (Å²) >= 11 is 0. The molecule has 0 aliphatic heterocycles. The fraction of sp³-hybridized carbons (Fsp3) is 0.343. The minimum Gasteiger partial charge on any atom is -0.462 e. The lowest BCUT2D eigenvalue weighted by atomic mass is 9.84. The maximum Gasteiger partial charge on any atom is 0.338 e. The number of fused-ring (bicyclic) bond motifs is 1. The van der Waals surface area contributed by atoms with Gasteiger partial charge >= 0.3 is 5.97 Å². The van der Waals surface area contributed by atoms with Gasteiger partial charge in [0.15, 0.2) is 0 Å². The van der Waals surface area contributed by atoms with Gasteiger partial charge in [-0.2, -0.15) is 0 Å². The van der Waals surface area contributed by atoms with Crippen molar-refractivity contribution in [3.8, 4) is 0 Å². The Hall–Kier alpha value is -4.08. The Labute approximate surface area is 237 Å². The van der Waals surface area contributed by atoms with Crippen LogP contribution in [0.3, 0.4) is 0 Å². The van der Waals surface area contributed by atoms with Crippen molar-refractivity contribution in [1.29, 1.82) is 5.41 Å². The van der Waals surface area contributed by atoms with Crippen molar-refractivity contribution in [2.45, 2.75) is 59.3 Å². The van der Waals surface area contributed by atoms with Gasteiger partial charge in [0.1, 0.15) is 5.78 Å². The lowest BCUT2D eigenvalue weighted by molar-refractivity contribution is -0.117. The monoisotopic (exact) mass is 534 g/mol. The van der Waals surface area contributed by atoms with E-state index in [9.17, 15) is 9.59 Å². The third-order valence-electron chi connectivity index (χ3n) is 7.56. The molecule has 3 unspecified atom stereocenters. The highest BCUT2D eigenvalue weighted by Crippen LogP contribution is 2.40. The molecule has 0 bridgehead atoms. The Morgan fingerprint density at radius 2 is 1.93 bits per heavy atom. The highest BCUT2D eigenvalue weighted by Gasteiger charge is 2.26. The molecule has 206 valence electrons. The summed E-state index contributed by atoms with van der Waals surface area (Å²) in [6.07, 6.45) is 13.7. The second-order valence-corrected chi connectivity index (χ2v) is 10.6. The molecule has 0 saturated heterocycles. The van der Waals surface area contributed by atoms with Crippen molar-refractivity contribution in [3.63, 3.8) is 0 Å². The molecule has 1 aromatic carbocycles. The number of esters is 1. The van der Waals surface area contributed by atoms with Crippen LogP contribution in [0, 0.1) is 17.2 Å². The van der Waals surface area contributed by atoms with Crippen molar-refractivity contribution in [1.82, 2.24) is 4.98 Å². The molecule has 0 spiro atoms. The van der Waals surface area contributed by atoms with Crippen molar-refractivity contribution in [2.24, 2.45) is 11.8 Å². The zero-order valence-corrected chi connectivity index (χ0v) is 23.9. The molecule has 4 rings (SSSR count). The Kier molecular flexibility index (Phi) is 9.63. The third kappa shape index (κ3) is 6.91. The lowest BCUT2D eigenvalue weighted by Gasteiger charge is -2.19. The van der Waals surface area contributed by atoms with Crippen LogP contribution in [0.15, 0.2) is 95.4 Å². The third-order valence-corrected chi connectivity index (χ3v) is 7.56. The van der Waals surface area contributed by atoms with Crippen LogP contribution >= 0.6 is 0 Å². The molecule has 5 nitrogen and oxygen atoms in total. The van der Waals surface area contributed by atoms with E-state index in [1.807, 2.05) is 54.7 Å². The van der Waals surface area contributed by atoms with Gasteiger partial charge in [-0.1, -0.05) is 43.4 Å². The number of carbonyl (C=O) groups is 2. The molecule has 1 N–H and O–H groups in total. The van der Waals surface area contributed by atoms with Crippen molar-refractivity contribution in [2.75, 3.05) is 6.61 Å². The van der Waals surface area contributed by atoms with E-state index in [0.29, 0.717) is 30.2 Å². The zero-order valence-electron chi connectivity index (χ0n) is 23.9. The van der Waals surface area contributed by atoms with Crippen molar-refractivity contribution < 1.29 is 14.3 Å². The van der Waals surface area contributed by atoms with Crippen LogP contribution in [0.1, 0.15) is 80.9 Å². The summed E-state index contributed by atoms with van der Waals surface area (Å²) in [5, 5.41) is 8.29. The highest BCUT2D eigenvalue weighted by molar-refractivity contribution is 6.05. The molecule has 1 aromatic heterocycles. The maximum atomic E-state index is 12.5. The molecule has 0 fully saturated rings. The molecule has 40 heavy (non-hydrogen) atoms. The number of ether oxygens (including phenoxy) is 1. The van der Waals surface area contributed by atoms with Gasteiger partial charge in [0, 0.05) is 23.2 Å². The summed E-state index contributed by atoms with van der Waals surface area (Å²) in [7, 11) is 0. The minimum atomic E-state index is -0.542. The Morgan fingerprint density at radius 3 is 2.58 bits per heavy atom. The molecule has 2 aliphatic carbocycles. The second kappa shape index (κ2) is 13.3. The van der Waals surface area contributed by atoms with Gasteiger partial charge in [-0.05, 0) is 111 Å². The van der Waals surface area contributed by atoms with E-state index in [2.05, 4.69) is 35.9 Å². The van der Waals surface area contributed by atoms with Crippen LogP contribution in [0.5, 0.6) is 0 Å². The molecule has 2 aromatic rings. The van der Waals surface area contributed by atoms with Crippen LogP contribution in [0.4, 0.5) is 0 Å². The highest BCUT2D eigenvalue weighted by atomic mass is 16.5. The first-order valence-corrected chi connectivity index (χ1v) is 14.1. The predicted molar refractivity (Wildman–Crippen MR) is 160 cm³/mol. The molecule has 0 saturated carbocycles. The fourth-order valence-electron chi connectivity index (χ4n) is 5.63. The number of allylic oxidation sites excluding steroid dienone is 7. The summed E-state index contributed by atoms with van der Waals surface area (Å²) in [6, 6.07) is 13.6. The number of nitrogens with one attached hydrogen (secondary N) is 1. The Bertz CT molecular complexity index is 1410. The van der Waals surface area contributed by atoms with Gasteiger partial charge in [-0.15, -0.1) is 5.73 Å². The Balaban J connectivity index is 1.77. The number of hydrogen-bond acceptors (Lipinski definition) is 5. The van der Waals surface area contributed by atoms with Crippen molar-refractivity contribution >= 4 is 23.0 Å². The maximum absolute atomic E-state index is 12.5. The minimum absolute atomic E-state index is 0.0216. The number of benzene rings is 1. The van der Waals surface area contributed by atoms with Gasteiger partial charge in [0.05, 0.1) is 18.1 Å². The van der Waals surface area contributed by atoms with E-state index in [4.69, 9.17) is 10.1 Å². The van der Waals surface area contributed by atoms with E-state index in [1.54, 1.807) is 20.8 Å². The fourth-order valence-corrected chi connectivity index (χ4v) is 5.63. The quantitative estimate of drug-likeness (QED) is 0.202. The summed E-state index contributed by atoms with van der Waals surface area (Å²) in [4.78, 5) is 29.4. The average Bonchev–Trinajstić information content (AvgIpc) is 3.08. The van der Waals surface area contributed by atoms with E-state index in [1.165, 1.54) is 0 Å². The smallest absolute Gasteiger partial charge is 0.338 e. The molecular weight excluding hydrogens is 496 g/mol. The van der Waals surface area contributed by atoms with Gasteiger partial charge in [-0.3, -0.25) is 9.78 Å². The van der Waals surface area contributed by atoms with Gasteiger partial charge in [0.2, 0.25) is 0 Å². The second-order valence-electron chi connectivity index (χ2n) is 10.6. The van der Waals surface area contributed by atoms with Gasteiger partial charge in [0.25, 0.3) is 0 Å². The summed E-state index contributed by atoms with van der Waals surface area (Å²) in [5.74, 6) is -0.312. The van der Waals surface area contributed by atoms with Crippen LogP contribution in [0.25, 0.3) is 5.57 Å². The SMILES string of the molecule is CCOC(=O)c1ccc(C2=CC(CC(C)c3ccccn3)CC/C3=C/C(C(C(C)=N)C(C)=O)=CCC=C=C23)cc1. The average molecular weight is 535 g/mol. The van der Waals surface area contributed by atoms with Crippen molar-refractivity contribution in [3.05, 3.63) is 112 Å². The summed E-state index contributed by atoms with van der Waals surface area (Å²) in [6.45, 7) is 7.62. The van der Waals surface area contributed by atoms with Crippen LogP contribution in [-0.2, 0) is 9.53 Å². The normalized spacial score (nSPS) is 19.6. The first-order valence-electron chi connectivity index (χ1n) is 14.1. The van der Waals surface area contributed by atoms with Crippen LogP contribution in [-0.4, -0.2) is 29.1 Å². The zero-order chi connectivity index (χ0) is 28.6. The molecule has 0 radical (unpaired) electrons. The predicted octanol–water partition coefficient (Wildman–Crippen LogP) is 7.83. The molecular formula is C35H38N2O3. The molecule has 2 aliphatic rings. The number of hydrogen-bond donors (Lipinski definition) is 1. The lowest BCUT2D eigenvalue weighted by Crippen LogP contribution is -2.21. The number of aromatic nitrogens is 1. The summed E-state index contributed by atoms with van der Waals surface area (Å²) in [5.41, 5.74) is 10.6. The largest absolute Gasteiger partial charge is 0.462 e. The van der Waals surface area contributed by atoms with Crippen LogP contribution in [0.2, 0.25) is 0 Å². The first-order chi connectivity index (χ1) is 19.3. The molecule has 0 amide bonds. The van der Waals surface area contributed by atoms with Crippen LogP contribution < -0.4 is 0 Å². The number of rotatable bonds is 9. The Morgan fingerprint density at radius 1 is 1.15 bits per heavy atom. The van der Waals surface area contributed by atoms with E-state index >= 15 is 0 Å². The number of nitrogens with zero attached hydrogens (tertiary/aromatic N) is 1. The molecule has 3 atom stereocenters.